The van der Waals surface area contributed by atoms with Gasteiger partial charge in [-0.05, 0) is 35.3 Å². The summed E-state index contributed by atoms with van der Waals surface area (Å²) >= 11 is 5.09. The SMILES string of the molecule is CC(O)CC(CN)c1cc(Br)cs1. The van der Waals surface area contributed by atoms with Gasteiger partial charge in [0.05, 0.1) is 6.10 Å². The molecule has 1 aromatic rings. The highest BCUT2D eigenvalue weighted by Crippen LogP contribution is 2.29. The number of thiophene rings is 1. The maximum Gasteiger partial charge on any atom is 0.0518 e. The van der Waals surface area contributed by atoms with E-state index in [-0.39, 0.29) is 12.0 Å². The van der Waals surface area contributed by atoms with Gasteiger partial charge < -0.3 is 10.8 Å². The fourth-order valence-corrected chi connectivity index (χ4v) is 2.86. The van der Waals surface area contributed by atoms with Crippen molar-refractivity contribution in [1.29, 1.82) is 0 Å². The summed E-state index contributed by atoms with van der Waals surface area (Å²) < 4.78 is 1.09. The Balaban J connectivity index is 2.66. The van der Waals surface area contributed by atoms with Crippen LogP contribution in [-0.2, 0) is 0 Å². The van der Waals surface area contributed by atoms with E-state index in [1.54, 1.807) is 18.3 Å². The highest BCUT2D eigenvalue weighted by Gasteiger charge is 2.14. The van der Waals surface area contributed by atoms with Crippen LogP contribution in [0, 0.1) is 0 Å². The first-order chi connectivity index (χ1) is 6.13. The Hall–Kier alpha value is 0.1000. The van der Waals surface area contributed by atoms with Crippen LogP contribution in [0.5, 0.6) is 0 Å². The van der Waals surface area contributed by atoms with Gasteiger partial charge >= 0.3 is 0 Å². The minimum absolute atomic E-state index is 0.283. The second-order valence-corrected chi connectivity index (χ2v) is 5.04. The second-order valence-electron chi connectivity index (χ2n) is 3.18. The molecule has 2 unspecified atom stereocenters. The van der Waals surface area contributed by atoms with Gasteiger partial charge in [0.2, 0.25) is 0 Å². The van der Waals surface area contributed by atoms with E-state index in [1.807, 2.05) is 5.38 Å². The molecule has 4 heteroatoms. The van der Waals surface area contributed by atoms with Crippen molar-refractivity contribution in [3.8, 4) is 0 Å². The van der Waals surface area contributed by atoms with Gasteiger partial charge in [-0.2, -0.15) is 0 Å². The summed E-state index contributed by atoms with van der Waals surface area (Å²) in [5.41, 5.74) is 5.64. The largest absolute Gasteiger partial charge is 0.393 e. The van der Waals surface area contributed by atoms with Gasteiger partial charge in [0.25, 0.3) is 0 Å². The zero-order chi connectivity index (χ0) is 9.84. The normalized spacial score (nSPS) is 15.7. The highest BCUT2D eigenvalue weighted by molar-refractivity contribution is 9.10. The van der Waals surface area contributed by atoms with Crippen molar-refractivity contribution >= 4 is 27.3 Å². The van der Waals surface area contributed by atoms with E-state index in [4.69, 9.17) is 5.73 Å². The maximum absolute atomic E-state index is 9.26. The van der Waals surface area contributed by atoms with E-state index in [9.17, 15) is 5.11 Å². The van der Waals surface area contributed by atoms with E-state index < -0.39 is 0 Å². The Morgan fingerprint density at radius 2 is 2.38 bits per heavy atom. The Morgan fingerprint density at radius 3 is 2.77 bits per heavy atom. The Labute approximate surface area is 90.9 Å². The van der Waals surface area contributed by atoms with Crippen LogP contribution in [0.15, 0.2) is 15.9 Å². The molecule has 0 aliphatic rings. The smallest absolute Gasteiger partial charge is 0.0518 e. The van der Waals surface area contributed by atoms with Crippen LogP contribution in [0.25, 0.3) is 0 Å². The molecule has 3 N–H and O–H groups in total. The zero-order valence-electron chi connectivity index (χ0n) is 7.53. The number of aliphatic hydroxyl groups is 1. The summed E-state index contributed by atoms with van der Waals surface area (Å²) in [6.07, 6.45) is 0.457. The number of halogens is 1. The molecule has 0 aliphatic heterocycles. The second kappa shape index (κ2) is 5.10. The first-order valence-corrected chi connectivity index (χ1v) is 5.92. The van der Waals surface area contributed by atoms with Crippen LogP contribution in [0.1, 0.15) is 24.1 Å². The summed E-state index contributed by atoms with van der Waals surface area (Å²) in [5, 5.41) is 11.3. The minimum Gasteiger partial charge on any atom is -0.393 e. The standard InChI is InChI=1S/C9H14BrNOS/c1-6(12)2-7(4-11)9-3-8(10)5-13-9/h3,5-7,12H,2,4,11H2,1H3. The summed E-state index contributed by atoms with van der Waals surface area (Å²) in [6.45, 7) is 2.39. The van der Waals surface area contributed by atoms with Gasteiger partial charge in [0.1, 0.15) is 0 Å². The monoisotopic (exact) mass is 263 g/mol. The van der Waals surface area contributed by atoms with Gasteiger partial charge in [-0.1, -0.05) is 0 Å². The van der Waals surface area contributed by atoms with E-state index in [0.717, 1.165) is 10.9 Å². The predicted molar refractivity (Wildman–Crippen MR) is 60.1 cm³/mol. The molecule has 1 heterocycles. The Morgan fingerprint density at radius 1 is 1.69 bits per heavy atom. The number of nitrogens with two attached hydrogens (primary N) is 1. The molecule has 0 saturated heterocycles. The maximum atomic E-state index is 9.26. The van der Waals surface area contributed by atoms with Gasteiger partial charge in [0.15, 0.2) is 0 Å². The third kappa shape index (κ3) is 3.38. The topological polar surface area (TPSA) is 46.2 Å². The lowest BCUT2D eigenvalue weighted by Crippen LogP contribution is -2.16. The van der Waals surface area contributed by atoms with E-state index >= 15 is 0 Å². The first kappa shape index (κ1) is 11.2. The quantitative estimate of drug-likeness (QED) is 0.876. The molecule has 2 nitrogen and oxygen atoms in total. The summed E-state index contributed by atoms with van der Waals surface area (Å²) in [4.78, 5) is 1.25. The van der Waals surface area contributed by atoms with Crippen molar-refractivity contribution in [3.05, 3.63) is 20.8 Å². The molecule has 0 radical (unpaired) electrons. The molecule has 74 valence electrons. The van der Waals surface area contributed by atoms with E-state index in [0.29, 0.717) is 6.54 Å². The molecule has 2 atom stereocenters. The molecule has 1 rings (SSSR count). The number of hydrogen-bond donors (Lipinski definition) is 2. The molecule has 0 spiro atoms. The molecule has 0 saturated carbocycles. The molecule has 0 fully saturated rings. The van der Waals surface area contributed by atoms with E-state index in [1.165, 1.54) is 4.88 Å². The number of hydrogen-bond acceptors (Lipinski definition) is 3. The van der Waals surface area contributed by atoms with E-state index in [2.05, 4.69) is 22.0 Å². The molecular formula is C9H14BrNOS. The van der Waals surface area contributed by atoms with Gasteiger partial charge in [-0.25, -0.2) is 0 Å². The third-order valence-corrected chi connectivity index (χ3v) is 3.76. The summed E-state index contributed by atoms with van der Waals surface area (Å²) in [6, 6.07) is 2.07. The Kier molecular flexibility index (Phi) is 4.38. The van der Waals surface area contributed by atoms with Crippen molar-refractivity contribution in [1.82, 2.24) is 0 Å². The van der Waals surface area contributed by atoms with Crippen molar-refractivity contribution in [2.75, 3.05) is 6.54 Å². The number of rotatable bonds is 4. The molecule has 13 heavy (non-hydrogen) atoms. The van der Waals surface area contributed by atoms with Crippen molar-refractivity contribution in [2.24, 2.45) is 5.73 Å². The van der Waals surface area contributed by atoms with Crippen molar-refractivity contribution in [3.63, 3.8) is 0 Å². The lowest BCUT2D eigenvalue weighted by Gasteiger charge is -2.14. The molecule has 0 bridgehead atoms. The van der Waals surface area contributed by atoms with Crippen LogP contribution < -0.4 is 5.73 Å². The lowest BCUT2D eigenvalue weighted by molar-refractivity contribution is 0.175. The fourth-order valence-electron chi connectivity index (χ4n) is 1.28. The third-order valence-electron chi connectivity index (χ3n) is 1.90. The van der Waals surface area contributed by atoms with Crippen LogP contribution >= 0.6 is 27.3 Å². The first-order valence-electron chi connectivity index (χ1n) is 4.25. The molecule has 0 amide bonds. The van der Waals surface area contributed by atoms with Crippen LogP contribution in [-0.4, -0.2) is 17.8 Å². The molecule has 1 aromatic heterocycles. The highest BCUT2D eigenvalue weighted by atomic mass is 79.9. The minimum atomic E-state index is -0.283. The van der Waals surface area contributed by atoms with Crippen molar-refractivity contribution in [2.45, 2.75) is 25.4 Å². The summed E-state index contributed by atoms with van der Waals surface area (Å²) in [7, 11) is 0. The average Bonchev–Trinajstić information content (AvgIpc) is 2.47. The fraction of sp³-hybridized carbons (Fsp3) is 0.556. The summed E-state index contributed by atoms with van der Waals surface area (Å²) in [5.74, 6) is 0.288. The molecule has 0 aromatic carbocycles. The van der Waals surface area contributed by atoms with Crippen LogP contribution in [0.3, 0.4) is 0 Å². The Bertz CT molecular complexity index is 262. The number of aliphatic hydroxyl groups excluding tert-OH is 1. The lowest BCUT2D eigenvalue weighted by atomic mass is 10.0. The van der Waals surface area contributed by atoms with Gasteiger partial charge in [0, 0.05) is 27.2 Å². The molecular weight excluding hydrogens is 250 g/mol. The van der Waals surface area contributed by atoms with Gasteiger partial charge in [-0.3, -0.25) is 0 Å². The van der Waals surface area contributed by atoms with Crippen molar-refractivity contribution < 1.29 is 5.11 Å². The molecule has 0 aliphatic carbocycles. The zero-order valence-corrected chi connectivity index (χ0v) is 9.94. The predicted octanol–water partition coefficient (Wildman–Crippen LogP) is 2.32. The van der Waals surface area contributed by atoms with Gasteiger partial charge in [-0.15, -0.1) is 11.3 Å². The van der Waals surface area contributed by atoms with Crippen LogP contribution in [0.2, 0.25) is 0 Å². The van der Waals surface area contributed by atoms with Crippen LogP contribution in [0.4, 0.5) is 0 Å². The average molecular weight is 264 g/mol.